The zero-order valence-corrected chi connectivity index (χ0v) is 13.7. The van der Waals surface area contributed by atoms with Gasteiger partial charge in [0, 0.05) is 12.0 Å². The summed E-state index contributed by atoms with van der Waals surface area (Å²) in [6, 6.07) is 0. The molecule has 0 spiro atoms. The van der Waals surface area contributed by atoms with Crippen molar-refractivity contribution < 1.29 is 26.9 Å². The molecule has 1 N–H and O–H groups in total. The normalized spacial score (nSPS) is 31.6. The fourth-order valence-electron chi connectivity index (χ4n) is 2.92. The Balaban J connectivity index is 1.77. The van der Waals surface area contributed by atoms with E-state index in [0.29, 0.717) is 26.0 Å². The van der Waals surface area contributed by atoms with Gasteiger partial charge in [-0.15, -0.1) is 0 Å². The molecule has 0 aromatic carbocycles. The van der Waals surface area contributed by atoms with Gasteiger partial charge in [0.2, 0.25) is 0 Å². The Morgan fingerprint density at radius 1 is 1.33 bits per heavy atom. The maximum Gasteiger partial charge on any atom is 0.407 e. The lowest BCUT2D eigenvalue weighted by Gasteiger charge is -2.44. The van der Waals surface area contributed by atoms with Crippen LogP contribution in [-0.4, -0.2) is 51.7 Å². The van der Waals surface area contributed by atoms with Crippen molar-refractivity contribution in [2.24, 2.45) is 5.41 Å². The highest BCUT2D eigenvalue weighted by atomic mass is 32.2. The van der Waals surface area contributed by atoms with Crippen LogP contribution in [0.15, 0.2) is 0 Å². The largest absolute Gasteiger partial charge is 0.444 e. The minimum Gasteiger partial charge on any atom is -0.444 e. The van der Waals surface area contributed by atoms with E-state index >= 15 is 0 Å². The van der Waals surface area contributed by atoms with Crippen LogP contribution in [0.25, 0.3) is 0 Å². The molecule has 1 aliphatic carbocycles. The zero-order chi connectivity index (χ0) is 15.9. The number of carbonyl (C=O) groups is 1. The highest BCUT2D eigenvalue weighted by Crippen LogP contribution is 2.57. The molecule has 0 radical (unpaired) electrons. The van der Waals surface area contributed by atoms with Crippen LogP contribution in [0.4, 0.5) is 4.79 Å². The van der Waals surface area contributed by atoms with Crippen LogP contribution in [0.3, 0.4) is 0 Å². The van der Waals surface area contributed by atoms with Gasteiger partial charge in [-0.1, -0.05) is 0 Å². The van der Waals surface area contributed by atoms with Gasteiger partial charge in [-0.2, -0.15) is 8.42 Å². The third-order valence-corrected chi connectivity index (χ3v) is 4.16. The fourth-order valence-corrected chi connectivity index (χ4v) is 3.39. The fraction of sp³-hybridized carbons (Fsp3) is 0.923. The van der Waals surface area contributed by atoms with E-state index in [1.54, 1.807) is 20.8 Å². The number of carbonyl (C=O) groups excluding carboxylic acids is 1. The van der Waals surface area contributed by atoms with Gasteiger partial charge < -0.3 is 14.8 Å². The summed E-state index contributed by atoms with van der Waals surface area (Å²) >= 11 is 0. The summed E-state index contributed by atoms with van der Waals surface area (Å²) in [5.41, 5.74) is -1.18. The number of ether oxygens (including phenoxy) is 2. The van der Waals surface area contributed by atoms with Crippen molar-refractivity contribution in [3.8, 4) is 0 Å². The molecule has 2 aliphatic heterocycles. The molecule has 0 aromatic rings. The van der Waals surface area contributed by atoms with E-state index in [1.165, 1.54) is 0 Å². The first-order valence-corrected chi connectivity index (χ1v) is 8.70. The van der Waals surface area contributed by atoms with Gasteiger partial charge in [-0.25, -0.2) is 4.79 Å². The third-order valence-electron chi connectivity index (χ3n) is 3.61. The van der Waals surface area contributed by atoms with Gasteiger partial charge in [0.1, 0.15) is 5.60 Å². The molecule has 7 nitrogen and oxygen atoms in total. The number of hydrogen-bond acceptors (Lipinski definition) is 6. The van der Waals surface area contributed by atoms with Gasteiger partial charge >= 0.3 is 6.09 Å². The third kappa shape index (κ3) is 4.31. The average molecular weight is 321 g/mol. The zero-order valence-electron chi connectivity index (χ0n) is 12.9. The summed E-state index contributed by atoms with van der Waals surface area (Å²) < 4.78 is 37.8. The van der Waals surface area contributed by atoms with Gasteiger partial charge in [0.15, 0.2) is 0 Å². The van der Waals surface area contributed by atoms with Crippen molar-refractivity contribution in [3.05, 3.63) is 0 Å². The Morgan fingerprint density at radius 2 is 1.95 bits per heavy atom. The van der Waals surface area contributed by atoms with E-state index in [1.807, 2.05) is 0 Å². The van der Waals surface area contributed by atoms with Gasteiger partial charge in [-0.05, 0) is 33.6 Å². The Labute approximate surface area is 125 Å². The van der Waals surface area contributed by atoms with Gasteiger partial charge in [0.25, 0.3) is 10.1 Å². The number of nitrogens with one attached hydrogen (secondary N) is 1. The number of hydrogen-bond donors (Lipinski definition) is 1. The molecule has 0 atom stereocenters. The minimum absolute atomic E-state index is 0.139. The van der Waals surface area contributed by atoms with Crippen molar-refractivity contribution in [1.82, 2.24) is 5.32 Å². The van der Waals surface area contributed by atoms with E-state index in [0.717, 1.165) is 6.26 Å². The van der Waals surface area contributed by atoms with Gasteiger partial charge in [-0.3, -0.25) is 4.18 Å². The smallest absolute Gasteiger partial charge is 0.407 e. The minimum atomic E-state index is -3.44. The molecule has 2 saturated heterocycles. The Hall–Kier alpha value is -0.860. The molecule has 3 aliphatic rings. The van der Waals surface area contributed by atoms with E-state index < -0.39 is 27.4 Å². The molecule has 1 saturated carbocycles. The molecule has 122 valence electrons. The lowest BCUT2D eigenvalue weighted by molar-refractivity contribution is -0.0259. The quantitative estimate of drug-likeness (QED) is 0.761. The summed E-state index contributed by atoms with van der Waals surface area (Å²) in [6.45, 7) is 6.36. The maximum atomic E-state index is 11.6. The van der Waals surface area contributed by atoms with Crippen LogP contribution in [0.2, 0.25) is 0 Å². The molecule has 2 heterocycles. The molecule has 2 bridgehead atoms. The van der Waals surface area contributed by atoms with E-state index in [9.17, 15) is 13.2 Å². The summed E-state index contributed by atoms with van der Waals surface area (Å²) in [5, 5.41) is 2.70. The Bertz CT molecular complexity index is 515. The monoisotopic (exact) mass is 321 g/mol. The lowest BCUT2D eigenvalue weighted by atomic mass is 9.63. The van der Waals surface area contributed by atoms with Crippen LogP contribution in [0.1, 0.15) is 33.6 Å². The first kappa shape index (κ1) is 16.5. The van der Waals surface area contributed by atoms with Crippen molar-refractivity contribution in [1.29, 1.82) is 0 Å². The van der Waals surface area contributed by atoms with Crippen LogP contribution in [-0.2, 0) is 23.8 Å². The van der Waals surface area contributed by atoms with E-state index in [-0.39, 0.29) is 12.0 Å². The Kier molecular flexibility index (Phi) is 4.01. The molecule has 0 unspecified atom stereocenters. The van der Waals surface area contributed by atoms with Gasteiger partial charge in [0.05, 0.1) is 25.1 Å². The molecular weight excluding hydrogens is 298 g/mol. The standard InChI is InChI=1S/C13H23NO6S/c1-11(2,3)20-10(15)14-7-13-5-12(6-13,8-18-13)9-19-21(4,16)17/h5-9H2,1-4H3,(H,14,15). The summed E-state index contributed by atoms with van der Waals surface area (Å²) in [5.74, 6) is 0. The van der Waals surface area contributed by atoms with Crippen molar-refractivity contribution in [2.45, 2.75) is 44.8 Å². The Morgan fingerprint density at radius 3 is 2.48 bits per heavy atom. The first-order valence-electron chi connectivity index (χ1n) is 6.88. The SMILES string of the molecule is CC(C)(C)OC(=O)NCC12CC(COS(C)(=O)=O)(CO1)C2. The van der Waals surface area contributed by atoms with Crippen molar-refractivity contribution in [2.75, 3.05) is 26.0 Å². The summed E-state index contributed by atoms with van der Waals surface area (Å²) in [7, 11) is -3.44. The van der Waals surface area contributed by atoms with Crippen LogP contribution in [0, 0.1) is 5.41 Å². The summed E-state index contributed by atoms with van der Waals surface area (Å²) in [6.07, 6.45) is 1.93. The van der Waals surface area contributed by atoms with E-state index in [2.05, 4.69) is 5.32 Å². The second-order valence-corrected chi connectivity index (χ2v) is 8.79. The topological polar surface area (TPSA) is 90.9 Å². The van der Waals surface area contributed by atoms with Crippen LogP contribution >= 0.6 is 0 Å². The lowest BCUT2D eigenvalue weighted by Crippen LogP contribution is -2.53. The molecule has 3 rings (SSSR count). The van der Waals surface area contributed by atoms with Crippen LogP contribution in [0.5, 0.6) is 0 Å². The molecule has 3 fully saturated rings. The average Bonchev–Trinajstić information content (AvgIpc) is 2.76. The highest BCUT2D eigenvalue weighted by Gasteiger charge is 2.62. The van der Waals surface area contributed by atoms with Crippen molar-refractivity contribution in [3.63, 3.8) is 0 Å². The predicted octanol–water partition coefficient (Wildman–Crippen LogP) is 1.04. The summed E-state index contributed by atoms with van der Waals surface area (Å²) in [4.78, 5) is 11.6. The first-order chi connectivity index (χ1) is 9.43. The molecule has 1 amide bonds. The number of amides is 1. The van der Waals surface area contributed by atoms with E-state index in [4.69, 9.17) is 13.7 Å². The number of rotatable bonds is 5. The molecule has 0 aromatic heterocycles. The maximum absolute atomic E-state index is 11.6. The number of alkyl carbamates (subject to hydrolysis) is 1. The second kappa shape index (κ2) is 5.10. The highest BCUT2D eigenvalue weighted by molar-refractivity contribution is 7.85. The van der Waals surface area contributed by atoms with Crippen molar-refractivity contribution >= 4 is 16.2 Å². The molecule has 21 heavy (non-hydrogen) atoms. The van der Waals surface area contributed by atoms with Crippen LogP contribution < -0.4 is 5.32 Å². The number of fused-ring (bicyclic) bond motifs is 1. The predicted molar refractivity (Wildman–Crippen MR) is 75.4 cm³/mol. The second-order valence-electron chi connectivity index (χ2n) is 7.15. The molecule has 8 heteroatoms. The molecular formula is C13H23NO6S.